The number of nitrogens with zero attached hydrogens (tertiary/aromatic N) is 1. The summed E-state index contributed by atoms with van der Waals surface area (Å²) in [7, 11) is 0. The largest absolute Gasteiger partial charge is 0.489 e. The van der Waals surface area contributed by atoms with Crippen LogP contribution in [-0.4, -0.2) is 18.0 Å². The molecule has 0 fully saturated rings. The lowest BCUT2D eigenvalue weighted by Crippen LogP contribution is -2.32. The number of hydrogen-bond donors (Lipinski definition) is 2. The molecule has 0 aliphatic rings. The number of halogens is 3. The van der Waals surface area contributed by atoms with E-state index in [1.54, 1.807) is 36.4 Å². The summed E-state index contributed by atoms with van der Waals surface area (Å²) in [5.74, 6) is -1.22. The van der Waals surface area contributed by atoms with E-state index in [4.69, 9.17) is 39.5 Å². The van der Waals surface area contributed by atoms with Gasteiger partial charge in [0.15, 0.2) is 0 Å². The van der Waals surface area contributed by atoms with Crippen molar-refractivity contribution in [3.8, 4) is 5.75 Å². The van der Waals surface area contributed by atoms with Crippen LogP contribution in [0, 0.1) is 0 Å². The van der Waals surface area contributed by atoms with Crippen molar-refractivity contribution >= 4 is 58.5 Å². The zero-order valence-electron chi connectivity index (χ0n) is 15.9. The Kier molecular flexibility index (Phi) is 7.89. The van der Waals surface area contributed by atoms with Crippen molar-refractivity contribution in [3.63, 3.8) is 0 Å². The zero-order chi connectivity index (χ0) is 22.2. The van der Waals surface area contributed by atoms with Gasteiger partial charge in [0.2, 0.25) is 0 Å². The molecule has 0 saturated carbocycles. The predicted molar refractivity (Wildman–Crippen MR) is 123 cm³/mol. The van der Waals surface area contributed by atoms with Gasteiger partial charge in [0.1, 0.15) is 12.4 Å². The number of hydrogen-bond acceptors (Lipinski definition) is 4. The van der Waals surface area contributed by atoms with Crippen LogP contribution >= 0.6 is 34.8 Å². The Morgan fingerprint density at radius 2 is 1.58 bits per heavy atom. The molecule has 0 saturated heterocycles. The molecule has 0 aliphatic carbocycles. The fourth-order valence-electron chi connectivity index (χ4n) is 2.46. The first-order chi connectivity index (χ1) is 14.9. The average Bonchev–Trinajstić information content (AvgIpc) is 2.73. The summed E-state index contributed by atoms with van der Waals surface area (Å²) in [6.45, 7) is 0.377. The highest BCUT2D eigenvalue weighted by Crippen LogP contribution is 2.22. The summed E-state index contributed by atoms with van der Waals surface area (Å²) in [6, 6.07) is 18.9. The summed E-state index contributed by atoms with van der Waals surface area (Å²) in [5.41, 5.74) is 4.11. The van der Waals surface area contributed by atoms with Crippen LogP contribution in [-0.2, 0) is 16.2 Å². The van der Waals surface area contributed by atoms with Gasteiger partial charge >= 0.3 is 11.8 Å². The first kappa shape index (κ1) is 22.6. The van der Waals surface area contributed by atoms with Crippen LogP contribution in [0.15, 0.2) is 71.8 Å². The number of carbonyl (C=O) groups is 2. The van der Waals surface area contributed by atoms with Gasteiger partial charge in [-0.15, -0.1) is 0 Å². The first-order valence-corrected chi connectivity index (χ1v) is 10.1. The van der Waals surface area contributed by atoms with Crippen molar-refractivity contribution in [2.24, 2.45) is 5.10 Å². The normalized spacial score (nSPS) is 10.7. The SMILES string of the molecule is O=C(NN=Cc1cccc(OCc2ccc(Cl)cc2)c1)C(=O)Nc1cc(Cl)cc(Cl)c1. The fraction of sp³-hybridized carbons (Fsp3) is 0.0455. The lowest BCUT2D eigenvalue weighted by atomic mass is 10.2. The molecule has 0 bridgehead atoms. The molecular weight excluding hydrogens is 461 g/mol. The third-order valence-electron chi connectivity index (χ3n) is 3.88. The topological polar surface area (TPSA) is 79.8 Å². The molecular formula is C22H16Cl3N3O3. The summed E-state index contributed by atoms with van der Waals surface area (Å²) < 4.78 is 5.75. The maximum atomic E-state index is 12.0. The van der Waals surface area contributed by atoms with Crippen LogP contribution in [0.4, 0.5) is 5.69 Å². The molecule has 3 aromatic carbocycles. The van der Waals surface area contributed by atoms with Gasteiger partial charge in [-0.1, -0.05) is 59.1 Å². The van der Waals surface area contributed by atoms with E-state index >= 15 is 0 Å². The molecule has 9 heteroatoms. The molecule has 2 N–H and O–H groups in total. The second-order valence-corrected chi connectivity index (χ2v) is 7.61. The van der Waals surface area contributed by atoms with Crippen molar-refractivity contribution in [2.75, 3.05) is 5.32 Å². The van der Waals surface area contributed by atoms with Gasteiger partial charge in [-0.25, -0.2) is 5.43 Å². The Bertz CT molecular complexity index is 1100. The number of anilines is 1. The van der Waals surface area contributed by atoms with E-state index < -0.39 is 11.8 Å². The summed E-state index contributed by atoms with van der Waals surface area (Å²) >= 11 is 17.6. The van der Waals surface area contributed by atoms with E-state index in [0.717, 1.165) is 5.56 Å². The minimum Gasteiger partial charge on any atom is -0.489 e. The van der Waals surface area contributed by atoms with E-state index in [2.05, 4.69) is 15.8 Å². The van der Waals surface area contributed by atoms with Crippen LogP contribution in [0.5, 0.6) is 5.75 Å². The van der Waals surface area contributed by atoms with Crippen molar-refractivity contribution in [1.29, 1.82) is 0 Å². The number of rotatable bonds is 6. The van der Waals surface area contributed by atoms with Gasteiger partial charge in [0.25, 0.3) is 0 Å². The molecule has 0 atom stereocenters. The Hall–Kier alpha value is -3.06. The van der Waals surface area contributed by atoms with Gasteiger partial charge in [0, 0.05) is 20.8 Å². The standard InChI is InChI=1S/C22H16Cl3N3O3/c23-16-6-4-14(5-7-16)13-31-20-3-1-2-15(8-20)12-26-28-22(30)21(29)27-19-10-17(24)9-18(25)11-19/h1-12H,13H2,(H,27,29)(H,28,30). The molecule has 0 aliphatic heterocycles. The highest BCUT2D eigenvalue weighted by atomic mass is 35.5. The quantitative estimate of drug-likeness (QED) is 0.287. The highest BCUT2D eigenvalue weighted by molar-refractivity contribution is 6.40. The van der Waals surface area contributed by atoms with E-state index in [1.807, 2.05) is 12.1 Å². The minimum atomic E-state index is -0.942. The molecule has 158 valence electrons. The highest BCUT2D eigenvalue weighted by Gasteiger charge is 2.13. The van der Waals surface area contributed by atoms with E-state index in [-0.39, 0.29) is 0 Å². The van der Waals surface area contributed by atoms with Gasteiger partial charge in [-0.2, -0.15) is 5.10 Å². The Labute approximate surface area is 193 Å². The maximum absolute atomic E-state index is 12.0. The Balaban J connectivity index is 1.52. The van der Waals surface area contributed by atoms with Crippen LogP contribution in [0.25, 0.3) is 0 Å². The lowest BCUT2D eigenvalue weighted by Gasteiger charge is -2.07. The van der Waals surface area contributed by atoms with E-state index in [1.165, 1.54) is 24.4 Å². The second kappa shape index (κ2) is 10.8. The van der Waals surface area contributed by atoms with Gasteiger partial charge in [-0.3, -0.25) is 9.59 Å². The third kappa shape index (κ3) is 7.29. The monoisotopic (exact) mass is 475 g/mol. The fourth-order valence-corrected chi connectivity index (χ4v) is 3.11. The van der Waals surface area contributed by atoms with Crippen LogP contribution in [0.3, 0.4) is 0 Å². The number of hydrazone groups is 1. The molecule has 31 heavy (non-hydrogen) atoms. The Morgan fingerprint density at radius 3 is 2.29 bits per heavy atom. The summed E-state index contributed by atoms with van der Waals surface area (Å²) in [6.07, 6.45) is 1.40. The summed E-state index contributed by atoms with van der Waals surface area (Å²) in [5, 5.41) is 7.52. The molecule has 0 aromatic heterocycles. The van der Waals surface area contributed by atoms with Crippen molar-refractivity contribution in [3.05, 3.63) is 92.9 Å². The number of carbonyl (C=O) groups excluding carboxylic acids is 2. The predicted octanol–water partition coefficient (Wildman–Crippen LogP) is 5.31. The smallest absolute Gasteiger partial charge is 0.329 e. The number of ether oxygens (including phenoxy) is 1. The van der Waals surface area contributed by atoms with Gasteiger partial charge < -0.3 is 10.1 Å². The lowest BCUT2D eigenvalue weighted by molar-refractivity contribution is -0.136. The molecule has 0 unspecified atom stereocenters. The van der Waals surface area contributed by atoms with E-state index in [0.29, 0.717) is 38.7 Å². The third-order valence-corrected chi connectivity index (χ3v) is 4.57. The number of amides is 2. The van der Waals surface area contributed by atoms with E-state index in [9.17, 15) is 9.59 Å². The van der Waals surface area contributed by atoms with Crippen LogP contribution < -0.4 is 15.5 Å². The van der Waals surface area contributed by atoms with Crippen molar-refractivity contribution in [2.45, 2.75) is 6.61 Å². The number of nitrogens with one attached hydrogen (secondary N) is 2. The molecule has 2 amide bonds. The molecule has 3 aromatic rings. The maximum Gasteiger partial charge on any atom is 0.329 e. The van der Waals surface area contributed by atoms with Gasteiger partial charge in [0.05, 0.1) is 6.21 Å². The molecule has 0 radical (unpaired) electrons. The summed E-state index contributed by atoms with van der Waals surface area (Å²) in [4.78, 5) is 23.9. The molecule has 0 spiro atoms. The Morgan fingerprint density at radius 1 is 0.871 bits per heavy atom. The van der Waals surface area contributed by atoms with Crippen LogP contribution in [0.1, 0.15) is 11.1 Å². The second-order valence-electron chi connectivity index (χ2n) is 6.30. The molecule has 6 nitrogen and oxygen atoms in total. The average molecular weight is 477 g/mol. The number of benzene rings is 3. The molecule has 0 heterocycles. The zero-order valence-corrected chi connectivity index (χ0v) is 18.2. The van der Waals surface area contributed by atoms with Crippen molar-refractivity contribution in [1.82, 2.24) is 5.43 Å². The van der Waals surface area contributed by atoms with Crippen molar-refractivity contribution < 1.29 is 14.3 Å². The molecule has 3 rings (SSSR count). The first-order valence-electron chi connectivity index (χ1n) is 8.97. The minimum absolute atomic E-state index is 0.298. The van der Waals surface area contributed by atoms with Gasteiger partial charge in [-0.05, 0) is 53.6 Å². The van der Waals surface area contributed by atoms with Crippen LogP contribution in [0.2, 0.25) is 15.1 Å².